The lowest BCUT2D eigenvalue weighted by atomic mass is 10.0. The van der Waals surface area contributed by atoms with Gasteiger partial charge in [0.05, 0.1) is 22.7 Å². The van der Waals surface area contributed by atoms with Crippen LogP contribution in [0.4, 0.5) is 13.2 Å². The summed E-state index contributed by atoms with van der Waals surface area (Å²) in [6.07, 6.45) is -3.65. The van der Waals surface area contributed by atoms with E-state index in [1.165, 1.54) is 44.4 Å². The second-order valence-electron chi connectivity index (χ2n) is 7.87. The zero-order valence-electron chi connectivity index (χ0n) is 22.4. The smallest absolute Gasteiger partial charge is 0.480 e. The first-order valence-electron chi connectivity index (χ1n) is 12.3. The van der Waals surface area contributed by atoms with Gasteiger partial charge in [-0.1, -0.05) is 24.3 Å². The van der Waals surface area contributed by atoms with E-state index in [1.807, 2.05) is 0 Å². The van der Waals surface area contributed by atoms with Gasteiger partial charge in [0.2, 0.25) is 5.88 Å². The molecule has 192 valence electrons. The zero-order chi connectivity index (χ0) is 29.2. The molecular weight excluding hydrogens is 491 g/mol. The standard InChI is InChI=1S/C25H22F3N5O4/c1-13(16-6-4-5-7-20(16)37-25(26,27)28)31-22(34)18-10-15(12-30-24(18)36-3)14-8-9-17-19(11-14)32-33-21(17)23(35)29-2/h4-13H,1-3H3,(H,29,35)(H,31,34)(H,32,33)/t13-/m1/s1/i3D3. The lowest BCUT2D eigenvalue weighted by molar-refractivity contribution is -0.275. The predicted molar refractivity (Wildman–Crippen MR) is 128 cm³/mol. The zero-order valence-corrected chi connectivity index (χ0v) is 19.4. The van der Waals surface area contributed by atoms with Crippen LogP contribution < -0.4 is 20.1 Å². The Bertz CT molecular complexity index is 1570. The number of para-hydroxylation sites is 1. The largest absolute Gasteiger partial charge is 0.573 e. The van der Waals surface area contributed by atoms with Crippen molar-refractivity contribution in [1.82, 2.24) is 25.8 Å². The van der Waals surface area contributed by atoms with Crippen LogP contribution in [0.15, 0.2) is 54.7 Å². The van der Waals surface area contributed by atoms with E-state index < -0.39 is 37.0 Å². The Balaban J connectivity index is 1.69. The van der Waals surface area contributed by atoms with Gasteiger partial charge in [0.15, 0.2) is 5.69 Å². The molecule has 4 rings (SSSR count). The van der Waals surface area contributed by atoms with Gasteiger partial charge in [0.25, 0.3) is 11.8 Å². The molecule has 2 amide bonds. The van der Waals surface area contributed by atoms with Crippen molar-refractivity contribution >= 4 is 22.7 Å². The van der Waals surface area contributed by atoms with Crippen LogP contribution in [-0.2, 0) is 0 Å². The van der Waals surface area contributed by atoms with Gasteiger partial charge in [-0.3, -0.25) is 14.7 Å². The molecule has 2 heterocycles. The number of halogens is 3. The van der Waals surface area contributed by atoms with Crippen LogP contribution in [0.25, 0.3) is 22.0 Å². The number of nitrogens with zero attached hydrogens (tertiary/aromatic N) is 2. The van der Waals surface area contributed by atoms with Crippen molar-refractivity contribution < 1.29 is 36.3 Å². The van der Waals surface area contributed by atoms with Crippen LogP contribution in [0.3, 0.4) is 0 Å². The Hall–Kier alpha value is -4.61. The van der Waals surface area contributed by atoms with Crippen molar-refractivity contribution in [2.75, 3.05) is 14.1 Å². The van der Waals surface area contributed by atoms with Crippen LogP contribution in [0.1, 0.15) is 43.5 Å². The number of alkyl halides is 3. The molecule has 0 fully saturated rings. The number of rotatable bonds is 7. The molecule has 0 radical (unpaired) electrons. The molecule has 2 aromatic carbocycles. The first kappa shape index (κ1) is 21.7. The fourth-order valence-electron chi connectivity index (χ4n) is 3.75. The molecule has 3 N–H and O–H groups in total. The number of hydrogen-bond acceptors (Lipinski definition) is 6. The van der Waals surface area contributed by atoms with Crippen molar-refractivity contribution in [2.45, 2.75) is 19.3 Å². The van der Waals surface area contributed by atoms with Gasteiger partial charge in [-0.25, -0.2) is 4.98 Å². The summed E-state index contributed by atoms with van der Waals surface area (Å²) in [5.74, 6) is -2.25. The second kappa shape index (κ2) is 10.2. The van der Waals surface area contributed by atoms with Gasteiger partial charge >= 0.3 is 6.36 Å². The molecule has 0 saturated heterocycles. The van der Waals surface area contributed by atoms with E-state index in [1.54, 1.807) is 18.2 Å². The maximum atomic E-state index is 13.3. The van der Waals surface area contributed by atoms with Crippen LogP contribution in [0, 0.1) is 0 Å². The normalized spacial score (nSPS) is 13.7. The average Bonchev–Trinajstić information content (AvgIpc) is 3.30. The van der Waals surface area contributed by atoms with E-state index in [-0.39, 0.29) is 22.7 Å². The Morgan fingerprint density at radius 1 is 1.11 bits per heavy atom. The van der Waals surface area contributed by atoms with E-state index in [0.29, 0.717) is 22.0 Å². The van der Waals surface area contributed by atoms with E-state index in [0.717, 1.165) is 6.07 Å². The van der Waals surface area contributed by atoms with Gasteiger partial charge in [0.1, 0.15) is 11.3 Å². The molecule has 0 aliphatic rings. The topological polar surface area (TPSA) is 118 Å². The van der Waals surface area contributed by atoms with Gasteiger partial charge in [-0.05, 0) is 36.8 Å². The number of methoxy groups -OCH3 is 1. The highest BCUT2D eigenvalue weighted by Crippen LogP contribution is 2.31. The van der Waals surface area contributed by atoms with Crippen LogP contribution in [-0.4, -0.2) is 47.4 Å². The van der Waals surface area contributed by atoms with E-state index in [4.69, 9.17) is 8.85 Å². The summed E-state index contributed by atoms with van der Waals surface area (Å²) in [4.78, 5) is 29.4. The SMILES string of the molecule is [2H]C([2H])([2H])Oc1ncc(-c2ccc3c(C(=O)NC)n[nH]c3c2)cc1C(=O)N[C@H](C)c1ccccc1OC(F)(F)F. The molecular formula is C25H22F3N5O4. The Kier molecular flexibility index (Phi) is 5.95. The Labute approximate surface area is 213 Å². The molecule has 9 nitrogen and oxygen atoms in total. The fourth-order valence-corrected chi connectivity index (χ4v) is 3.75. The molecule has 0 aliphatic heterocycles. The van der Waals surface area contributed by atoms with Crippen molar-refractivity contribution in [1.29, 1.82) is 0 Å². The lowest BCUT2D eigenvalue weighted by Gasteiger charge is -2.19. The van der Waals surface area contributed by atoms with Gasteiger partial charge < -0.3 is 20.1 Å². The minimum absolute atomic E-state index is 0.0344. The van der Waals surface area contributed by atoms with E-state index in [9.17, 15) is 22.8 Å². The summed E-state index contributed by atoms with van der Waals surface area (Å²) in [7, 11) is -1.46. The van der Waals surface area contributed by atoms with Crippen molar-refractivity contribution in [3.8, 4) is 22.8 Å². The van der Waals surface area contributed by atoms with Crippen molar-refractivity contribution in [3.05, 3.63) is 71.5 Å². The quantitative estimate of drug-likeness (QED) is 0.336. The number of carbonyl (C=O) groups excluding carboxylic acids is 2. The summed E-state index contributed by atoms with van der Waals surface area (Å²) in [5.41, 5.74) is 1.39. The van der Waals surface area contributed by atoms with Crippen molar-refractivity contribution in [2.24, 2.45) is 0 Å². The summed E-state index contributed by atoms with van der Waals surface area (Å²) in [6.45, 7) is 1.44. The van der Waals surface area contributed by atoms with E-state index >= 15 is 0 Å². The van der Waals surface area contributed by atoms with Gasteiger partial charge in [-0.2, -0.15) is 5.10 Å². The summed E-state index contributed by atoms with van der Waals surface area (Å²) >= 11 is 0. The fraction of sp³-hybridized carbons (Fsp3) is 0.200. The Morgan fingerprint density at radius 3 is 2.62 bits per heavy atom. The number of pyridine rings is 1. The molecule has 12 heteroatoms. The molecule has 1 atom stereocenters. The Morgan fingerprint density at radius 2 is 1.89 bits per heavy atom. The third-order valence-electron chi connectivity index (χ3n) is 5.49. The number of hydrogen-bond donors (Lipinski definition) is 3. The molecule has 0 saturated carbocycles. The van der Waals surface area contributed by atoms with Crippen LogP contribution in [0.2, 0.25) is 0 Å². The maximum absolute atomic E-state index is 13.3. The molecule has 0 aliphatic carbocycles. The number of ether oxygens (including phenoxy) is 2. The molecule has 2 aromatic heterocycles. The molecule has 37 heavy (non-hydrogen) atoms. The highest BCUT2D eigenvalue weighted by molar-refractivity contribution is 6.05. The highest BCUT2D eigenvalue weighted by atomic mass is 19.4. The summed E-state index contributed by atoms with van der Waals surface area (Å²) in [6, 6.07) is 10.6. The first-order chi connectivity index (χ1) is 18.8. The number of aromatic nitrogens is 3. The number of aromatic amines is 1. The maximum Gasteiger partial charge on any atom is 0.573 e. The number of benzene rings is 2. The second-order valence-corrected chi connectivity index (χ2v) is 7.87. The lowest BCUT2D eigenvalue weighted by Crippen LogP contribution is -2.28. The van der Waals surface area contributed by atoms with Crippen LogP contribution in [0.5, 0.6) is 11.6 Å². The minimum atomic E-state index is -4.95. The molecule has 0 spiro atoms. The predicted octanol–water partition coefficient (Wildman–Crippen LogP) is 4.38. The monoisotopic (exact) mass is 516 g/mol. The van der Waals surface area contributed by atoms with Crippen molar-refractivity contribution in [3.63, 3.8) is 0 Å². The first-order valence-corrected chi connectivity index (χ1v) is 10.8. The highest BCUT2D eigenvalue weighted by Gasteiger charge is 2.33. The molecule has 4 aromatic rings. The van der Waals surface area contributed by atoms with Gasteiger partial charge in [-0.15, -0.1) is 13.2 Å². The number of H-pyrrole nitrogens is 1. The average molecular weight is 516 g/mol. The minimum Gasteiger partial charge on any atom is -0.480 e. The number of amides is 2. The van der Waals surface area contributed by atoms with Crippen LogP contribution >= 0.6 is 0 Å². The molecule has 0 unspecified atom stereocenters. The number of nitrogens with one attached hydrogen (secondary N) is 3. The van der Waals surface area contributed by atoms with Gasteiger partial charge in [0, 0.05) is 29.8 Å². The third-order valence-corrected chi connectivity index (χ3v) is 5.49. The molecule has 0 bridgehead atoms. The van der Waals surface area contributed by atoms with E-state index in [2.05, 4.69) is 30.6 Å². The third kappa shape index (κ3) is 5.47. The summed E-state index contributed by atoms with van der Waals surface area (Å²) in [5, 5.41) is 12.4. The summed E-state index contributed by atoms with van der Waals surface area (Å²) < 4.78 is 69.9. The number of fused-ring (bicyclic) bond motifs is 1. The number of carbonyl (C=O) groups is 2.